The highest BCUT2D eigenvalue weighted by Crippen LogP contribution is 2.36. The smallest absolute Gasteiger partial charge is 0.262 e. The largest absolute Gasteiger partial charge is 0.497 e. The zero-order chi connectivity index (χ0) is 19.5. The number of amides is 2. The Hall–Kier alpha value is -3.66. The highest BCUT2D eigenvalue weighted by atomic mass is 16.5. The van der Waals surface area contributed by atoms with Gasteiger partial charge < -0.3 is 4.74 Å². The molecule has 0 aliphatic carbocycles. The molecule has 0 radical (unpaired) electrons. The lowest BCUT2D eigenvalue weighted by Crippen LogP contribution is -2.31. The molecule has 3 aromatic carbocycles. The first-order valence-electron chi connectivity index (χ1n) is 9.03. The SMILES string of the molecule is COc1ccc(CN2C(=O)C(c3ccccc3)=C(c3ccccc3)C2=O)cc1. The molecule has 0 atom stereocenters. The van der Waals surface area contributed by atoms with Gasteiger partial charge in [-0.3, -0.25) is 14.5 Å². The summed E-state index contributed by atoms with van der Waals surface area (Å²) >= 11 is 0. The van der Waals surface area contributed by atoms with Gasteiger partial charge in [-0.1, -0.05) is 72.8 Å². The molecule has 4 rings (SSSR count). The number of hydrogen-bond donors (Lipinski definition) is 0. The average Bonchev–Trinajstić information content (AvgIpc) is 3.00. The Bertz CT molecular complexity index is 977. The van der Waals surface area contributed by atoms with Gasteiger partial charge >= 0.3 is 0 Å². The first-order valence-corrected chi connectivity index (χ1v) is 9.03. The normalized spacial score (nSPS) is 14.0. The summed E-state index contributed by atoms with van der Waals surface area (Å²) in [6.45, 7) is 0.217. The van der Waals surface area contributed by atoms with Gasteiger partial charge in [-0.05, 0) is 28.8 Å². The van der Waals surface area contributed by atoms with Crippen LogP contribution in [0.15, 0.2) is 84.9 Å². The lowest BCUT2D eigenvalue weighted by atomic mass is 9.96. The molecule has 2 amide bonds. The highest BCUT2D eigenvalue weighted by molar-refractivity contribution is 6.48. The maximum absolute atomic E-state index is 13.3. The number of rotatable bonds is 5. The molecule has 3 aromatic rings. The van der Waals surface area contributed by atoms with Crippen molar-refractivity contribution in [2.24, 2.45) is 0 Å². The van der Waals surface area contributed by atoms with Gasteiger partial charge in [0.25, 0.3) is 11.8 Å². The van der Waals surface area contributed by atoms with Crippen LogP contribution in [0.1, 0.15) is 16.7 Å². The van der Waals surface area contributed by atoms with Crippen molar-refractivity contribution in [2.45, 2.75) is 6.54 Å². The molecule has 0 aromatic heterocycles. The van der Waals surface area contributed by atoms with E-state index in [1.165, 1.54) is 4.90 Å². The molecule has 0 bridgehead atoms. The number of carbonyl (C=O) groups is 2. The fraction of sp³-hybridized carbons (Fsp3) is 0.0833. The molecule has 0 N–H and O–H groups in total. The van der Waals surface area contributed by atoms with Gasteiger partial charge in [-0.15, -0.1) is 0 Å². The third kappa shape index (κ3) is 3.21. The molecule has 0 unspecified atom stereocenters. The second kappa shape index (κ2) is 7.53. The Morgan fingerprint density at radius 2 is 1.14 bits per heavy atom. The molecule has 0 saturated heterocycles. The average molecular weight is 369 g/mol. The molecular weight excluding hydrogens is 350 g/mol. The van der Waals surface area contributed by atoms with E-state index in [0.717, 1.165) is 22.4 Å². The van der Waals surface area contributed by atoms with Crippen molar-refractivity contribution >= 4 is 23.0 Å². The molecule has 1 aliphatic heterocycles. The summed E-state index contributed by atoms with van der Waals surface area (Å²) in [6.07, 6.45) is 0. The van der Waals surface area contributed by atoms with Crippen molar-refractivity contribution in [3.8, 4) is 5.75 Å². The van der Waals surface area contributed by atoms with Gasteiger partial charge in [-0.25, -0.2) is 0 Å². The fourth-order valence-corrected chi connectivity index (χ4v) is 3.38. The Balaban J connectivity index is 1.75. The summed E-state index contributed by atoms with van der Waals surface area (Å²) in [7, 11) is 1.60. The van der Waals surface area contributed by atoms with Crippen molar-refractivity contribution in [1.82, 2.24) is 4.90 Å². The van der Waals surface area contributed by atoms with Gasteiger partial charge in [0, 0.05) is 0 Å². The van der Waals surface area contributed by atoms with Crippen LogP contribution >= 0.6 is 0 Å². The summed E-state index contributed by atoms with van der Waals surface area (Å²) in [5.74, 6) is 0.188. The number of methoxy groups -OCH3 is 1. The first-order chi connectivity index (χ1) is 13.7. The fourth-order valence-electron chi connectivity index (χ4n) is 3.38. The van der Waals surface area contributed by atoms with E-state index in [-0.39, 0.29) is 18.4 Å². The number of carbonyl (C=O) groups excluding carboxylic acids is 2. The predicted molar refractivity (Wildman–Crippen MR) is 108 cm³/mol. The van der Waals surface area contributed by atoms with Crippen LogP contribution in [0.3, 0.4) is 0 Å². The molecular formula is C24H19NO3. The van der Waals surface area contributed by atoms with Gasteiger partial charge in [0.15, 0.2) is 0 Å². The van der Waals surface area contributed by atoms with Crippen LogP contribution in [0.5, 0.6) is 5.75 Å². The van der Waals surface area contributed by atoms with Crippen molar-refractivity contribution in [3.05, 3.63) is 102 Å². The molecule has 138 valence electrons. The zero-order valence-corrected chi connectivity index (χ0v) is 15.5. The van der Waals surface area contributed by atoms with Crippen LogP contribution in [0.4, 0.5) is 0 Å². The minimum Gasteiger partial charge on any atom is -0.497 e. The maximum atomic E-state index is 13.3. The van der Waals surface area contributed by atoms with Crippen LogP contribution in [-0.4, -0.2) is 23.8 Å². The van der Waals surface area contributed by atoms with Crippen LogP contribution in [0, 0.1) is 0 Å². The van der Waals surface area contributed by atoms with E-state index in [1.54, 1.807) is 7.11 Å². The van der Waals surface area contributed by atoms with E-state index in [4.69, 9.17) is 4.74 Å². The lowest BCUT2D eigenvalue weighted by molar-refractivity contribution is -0.136. The molecule has 1 aliphatic rings. The van der Waals surface area contributed by atoms with Crippen molar-refractivity contribution in [2.75, 3.05) is 7.11 Å². The lowest BCUT2D eigenvalue weighted by Gasteiger charge is -2.15. The third-order valence-corrected chi connectivity index (χ3v) is 4.79. The van der Waals surface area contributed by atoms with Crippen molar-refractivity contribution in [1.29, 1.82) is 0 Å². The van der Waals surface area contributed by atoms with E-state index >= 15 is 0 Å². The molecule has 28 heavy (non-hydrogen) atoms. The summed E-state index contributed by atoms with van der Waals surface area (Å²) in [5, 5.41) is 0. The van der Waals surface area contributed by atoms with E-state index in [1.807, 2.05) is 84.9 Å². The van der Waals surface area contributed by atoms with Crippen LogP contribution < -0.4 is 4.74 Å². The Labute approximate surface area is 163 Å². The Morgan fingerprint density at radius 1 is 0.679 bits per heavy atom. The quantitative estimate of drug-likeness (QED) is 0.634. The molecule has 0 spiro atoms. The van der Waals surface area contributed by atoms with Crippen molar-refractivity contribution in [3.63, 3.8) is 0 Å². The minimum atomic E-state index is -0.272. The van der Waals surface area contributed by atoms with Gasteiger partial charge in [0.05, 0.1) is 24.8 Å². The Kier molecular flexibility index (Phi) is 4.77. The minimum absolute atomic E-state index is 0.217. The first kappa shape index (κ1) is 17.7. The number of ether oxygens (including phenoxy) is 1. The van der Waals surface area contributed by atoms with E-state index in [9.17, 15) is 9.59 Å². The molecule has 0 fully saturated rings. The number of benzene rings is 3. The highest BCUT2D eigenvalue weighted by Gasteiger charge is 2.39. The summed E-state index contributed by atoms with van der Waals surface area (Å²) in [6, 6.07) is 26.1. The zero-order valence-electron chi connectivity index (χ0n) is 15.5. The second-order valence-corrected chi connectivity index (χ2v) is 6.53. The molecule has 4 heteroatoms. The second-order valence-electron chi connectivity index (χ2n) is 6.53. The molecule has 1 heterocycles. The summed E-state index contributed by atoms with van der Waals surface area (Å²) < 4.78 is 5.18. The predicted octanol–water partition coefficient (Wildman–Crippen LogP) is 4.18. The summed E-state index contributed by atoms with van der Waals surface area (Å²) in [5.41, 5.74) is 3.26. The van der Waals surface area contributed by atoms with Gasteiger partial charge in [0.1, 0.15) is 5.75 Å². The number of imide groups is 1. The number of hydrogen-bond acceptors (Lipinski definition) is 3. The van der Waals surface area contributed by atoms with E-state index in [0.29, 0.717) is 11.1 Å². The van der Waals surface area contributed by atoms with Crippen LogP contribution in [-0.2, 0) is 16.1 Å². The molecule has 4 nitrogen and oxygen atoms in total. The topological polar surface area (TPSA) is 46.6 Å². The van der Waals surface area contributed by atoms with E-state index < -0.39 is 0 Å². The summed E-state index contributed by atoms with van der Waals surface area (Å²) in [4.78, 5) is 27.8. The van der Waals surface area contributed by atoms with Crippen LogP contribution in [0.2, 0.25) is 0 Å². The maximum Gasteiger partial charge on any atom is 0.262 e. The number of nitrogens with zero attached hydrogens (tertiary/aromatic N) is 1. The van der Waals surface area contributed by atoms with Gasteiger partial charge in [0.2, 0.25) is 0 Å². The van der Waals surface area contributed by atoms with Crippen LogP contribution in [0.25, 0.3) is 11.1 Å². The van der Waals surface area contributed by atoms with Gasteiger partial charge in [-0.2, -0.15) is 0 Å². The Morgan fingerprint density at radius 3 is 1.57 bits per heavy atom. The standard InChI is InChI=1S/C24H19NO3/c1-28-20-14-12-17(13-15-20)16-25-23(26)21(18-8-4-2-5-9-18)22(24(25)27)19-10-6-3-7-11-19/h2-15H,16H2,1H3. The van der Waals surface area contributed by atoms with Crippen molar-refractivity contribution < 1.29 is 14.3 Å². The third-order valence-electron chi connectivity index (χ3n) is 4.79. The monoisotopic (exact) mass is 369 g/mol. The van der Waals surface area contributed by atoms with E-state index in [2.05, 4.69) is 0 Å². The molecule has 0 saturated carbocycles.